The smallest absolute Gasteiger partial charge is 0.226 e. The van der Waals surface area contributed by atoms with Crippen LogP contribution in [-0.2, 0) is 4.79 Å². The molecule has 0 saturated carbocycles. The van der Waals surface area contributed by atoms with Gasteiger partial charge in [0, 0.05) is 22.8 Å². The number of anilines is 1. The lowest BCUT2D eigenvalue weighted by Crippen LogP contribution is -2.24. The van der Waals surface area contributed by atoms with Crippen molar-refractivity contribution in [1.29, 1.82) is 0 Å². The highest BCUT2D eigenvalue weighted by Gasteiger charge is 2.30. The molecule has 120 valence electrons. The van der Waals surface area contributed by atoms with Crippen molar-refractivity contribution in [2.45, 2.75) is 17.2 Å². The topological polar surface area (TPSA) is 46.9 Å². The van der Waals surface area contributed by atoms with E-state index in [9.17, 15) is 4.79 Å². The van der Waals surface area contributed by atoms with Crippen molar-refractivity contribution in [2.75, 3.05) is 11.6 Å². The molecule has 0 radical (unpaired) electrons. The van der Waals surface area contributed by atoms with Gasteiger partial charge in [-0.05, 0) is 36.1 Å². The van der Waals surface area contributed by atoms with E-state index in [2.05, 4.69) is 40.9 Å². The third-order valence-electron chi connectivity index (χ3n) is 4.34. The number of fused-ring (bicyclic) bond motifs is 1. The number of nitrogens with zero attached hydrogens (tertiary/aromatic N) is 2. The molecule has 1 aromatic heterocycles. The summed E-state index contributed by atoms with van der Waals surface area (Å²) in [5.41, 5.74) is 3.16. The van der Waals surface area contributed by atoms with Crippen LogP contribution in [0.1, 0.15) is 23.5 Å². The van der Waals surface area contributed by atoms with E-state index in [4.69, 9.17) is 0 Å². The van der Waals surface area contributed by atoms with Crippen LogP contribution in [0.15, 0.2) is 65.7 Å². The van der Waals surface area contributed by atoms with Gasteiger partial charge in [-0.2, -0.15) is 5.10 Å². The quantitative estimate of drug-likeness (QED) is 0.734. The SMILES string of the molecule is CSc1ccc([C@@H]2CC(=O)Nc3c2cnn3-c2ccccc2)cc1. The molecule has 0 aliphatic carbocycles. The summed E-state index contributed by atoms with van der Waals surface area (Å²) in [5, 5.41) is 7.50. The van der Waals surface area contributed by atoms with Gasteiger partial charge in [0.2, 0.25) is 5.91 Å². The molecule has 2 heterocycles. The fraction of sp³-hybridized carbons (Fsp3) is 0.158. The Bertz CT molecular complexity index is 871. The summed E-state index contributed by atoms with van der Waals surface area (Å²) in [6.45, 7) is 0. The molecule has 4 nitrogen and oxygen atoms in total. The molecule has 0 saturated heterocycles. The van der Waals surface area contributed by atoms with Crippen molar-refractivity contribution in [3.8, 4) is 5.69 Å². The summed E-state index contributed by atoms with van der Waals surface area (Å²) in [4.78, 5) is 13.5. The van der Waals surface area contributed by atoms with E-state index in [0.717, 1.165) is 22.6 Å². The summed E-state index contributed by atoms with van der Waals surface area (Å²) in [6.07, 6.45) is 4.38. The number of benzene rings is 2. The highest BCUT2D eigenvalue weighted by atomic mass is 32.2. The third kappa shape index (κ3) is 2.61. The van der Waals surface area contributed by atoms with Crippen molar-refractivity contribution in [3.05, 3.63) is 71.9 Å². The predicted octanol–water partition coefficient (Wildman–Crippen LogP) is 4.07. The number of amides is 1. The first-order chi connectivity index (χ1) is 11.8. The lowest BCUT2D eigenvalue weighted by molar-refractivity contribution is -0.116. The minimum Gasteiger partial charge on any atom is -0.310 e. The van der Waals surface area contributed by atoms with E-state index in [1.807, 2.05) is 36.5 Å². The molecule has 0 spiro atoms. The average molecular weight is 335 g/mol. The van der Waals surface area contributed by atoms with E-state index in [-0.39, 0.29) is 11.8 Å². The van der Waals surface area contributed by atoms with E-state index in [0.29, 0.717) is 6.42 Å². The maximum absolute atomic E-state index is 12.3. The van der Waals surface area contributed by atoms with Crippen LogP contribution in [0.3, 0.4) is 0 Å². The second-order valence-electron chi connectivity index (χ2n) is 5.77. The van der Waals surface area contributed by atoms with Crippen LogP contribution >= 0.6 is 11.8 Å². The van der Waals surface area contributed by atoms with Crippen molar-refractivity contribution in [2.24, 2.45) is 0 Å². The molecule has 1 N–H and O–H groups in total. The minimum atomic E-state index is 0.0270. The maximum atomic E-state index is 12.3. The Labute approximate surface area is 144 Å². The molecular weight excluding hydrogens is 318 g/mol. The van der Waals surface area contributed by atoms with Crippen LogP contribution in [0.5, 0.6) is 0 Å². The van der Waals surface area contributed by atoms with Crippen LogP contribution in [-0.4, -0.2) is 21.9 Å². The number of carbonyl (C=O) groups excluding carboxylic acids is 1. The van der Waals surface area contributed by atoms with Gasteiger partial charge in [0.1, 0.15) is 5.82 Å². The van der Waals surface area contributed by atoms with Gasteiger partial charge in [0.25, 0.3) is 0 Å². The van der Waals surface area contributed by atoms with Gasteiger partial charge in [-0.3, -0.25) is 4.79 Å². The highest BCUT2D eigenvalue weighted by molar-refractivity contribution is 7.98. The van der Waals surface area contributed by atoms with E-state index < -0.39 is 0 Å². The lowest BCUT2D eigenvalue weighted by atomic mass is 9.87. The van der Waals surface area contributed by atoms with Gasteiger partial charge in [0.15, 0.2) is 0 Å². The Morgan fingerprint density at radius 3 is 2.58 bits per heavy atom. The first kappa shape index (κ1) is 15.0. The van der Waals surface area contributed by atoms with Crippen LogP contribution in [0, 0.1) is 0 Å². The first-order valence-corrected chi connectivity index (χ1v) is 9.06. The van der Waals surface area contributed by atoms with Crippen LogP contribution in [0.25, 0.3) is 5.69 Å². The summed E-state index contributed by atoms with van der Waals surface area (Å²) in [6, 6.07) is 18.3. The van der Waals surface area contributed by atoms with Gasteiger partial charge in [-0.25, -0.2) is 4.68 Å². The zero-order chi connectivity index (χ0) is 16.5. The Balaban J connectivity index is 1.78. The molecule has 1 aliphatic rings. The number of nitrogens with one attached hydrogen (secondary N) is 1. The first-order valence-electron chi connectivity index (χ1n) is 7.83. The third-order valence-corrected chi connectivity index (χ3v) is 5.08. The Morgan fingerprint density at radius 1 is 1.12 bits per heavy atom. The van der Waals surface area contributed by atoms with Gasteiger partial charge in [0.05, 0.1) is 11.9 Å². The zero-order valence-corrected chi connectivity index (χ0v) is 14.1. The number of aromatic nitrogens is 2. The summed E-state index contributed by atoms with van der Waals surface area (Å²) >= 11 is 1.72. The molecule has 0 fully saturated rings. The standard InChI is InChI=1S/C19H17N3OS/c1-24-15-9-7-13(8-10-15)16-11-18(23)21-19-17(16)12-20-22(19)14-5-3-2-4-6-14/h2-10,12,16H,11H2,1H3,(H,21,23)/t16-/m0/s1. The summed E-state index contributed by atoms with van der Waals surface area (Å²) in [7, 11) is 0. The Kier molecular flexibility index (Phi) is 3.86. The molecule has 5 heteroatoms. The summed E-state index contributed by atoms with van der Waals surface area (Å²) < 4.78 is 1.80. The Hall–Kier alpha value is -2.53. The number of para-hydroxylation sites is 1. The van der Waals surface area contributed by atoms with Crippen molar-refractivity contribution in [3.63, 3.8) is 0 Å². The van der Waals surface area contributed by atoms with Crippen molar-refractivity contribution < 1.29 is 4.79 Å². The van der Waals surface area contributed by atoms with Crippen LogP contribution < -0.4 is 5.32 Å². The average Bonchev–Trinajstić information content (AvgIpc) is 3.05. The molecule has 2 aromatic carbocycles. The van der Waals surface area contributed by atoms with Crippen molar-refractivity contribution >= 4 is 23.5 Å². The minimum absolute atomic E-state index is 0.0270. The van der Waals surface area contributed by atoms with Crippen LogP contribution in [0.4, 0.5) is 5.82 Å². The predicted molar refractivity (Wildman–Crippen MR) is 96.9 cm³/mol. The molecule has 0 bridgehead atoms. The van der Waals surface area contributed by atoms with E-state index in [1.165, 1.54) is 4.90 Å². The molecule has 1 aliphatic heterocycles. The molecule has 24 heavy (non-hydrogen) atoms. The van der Waals surface area contributed by atoms with E-state index >= 15 is 0 Å². The highest BCUT2D eigenvalue weighted by Crippen LogP contribution is 2.38. The largest absolute Gasteiger partial charge is 0.310 e. The second-order valence-corrected chi connectivity index (χ2v) is 6.65. The molecule has 4 rings (SSSR count). The lowest BCUT2D eigenvalue weighted by Gasteiger charge is -2.24. The maximum Gasteiger partial charge on any atom is 0.226 e. The number of thioether (sulfide) groups is 1. The molecule has 0 unspecified atom stereocenters. The molecular formula is C19H17N3OS. The molecule has 3 aromatic rings. The Morgan fingerprint density at radius 2 is 1.88 bits per heavy atom. The fourth-order valence-electron chi connectivity index (χ4n) is 3.12. The fourth-order valence-corrected chi connectivity index (χ4v) is 3.53. The second kappa shape index (κ2) is 6.17. The zero-order valence-electron chi connectivity index (χ0n) is 13.3. The van der Waals surface area contributed by atoms with Crippen LogP contribution in [0.2, 0.25) is 0 Å². The monoisotopic (exact) mass is 335 g/mol. The number of hydrogen-bond acceptors (Lipinski definition) is 3. The number of rotatable bonds is 3. The van der Waals surface area contributed by atoms with E-state index in [1.54, 1.807) is 16.4 Å². The van der Waals surface area contributed by atoms with Gasteiger partial charge < -0.3 is 5.32 Å². The van der Waals surface area contributed by atoms with Gasteiger partial charge >= 0.3 is 0 Å². The molecule has 1 atom stereocenters. The van der Waals surface area contributed by atoms with Crippen molar-refractivity contribution in [1.82, 2.24) is 9.78 Å². The van der Waals surface area contributed by atoms with Gasteiger partial charge in [-0.1, -0.05) is 30.3 Å². The normalized spacial score (nSPS) is 16.5. The number of carbonyl (C=O) groups is 1. The van der Waals surface area contributed by atoms with Gasteiger partial charge in [-0.15, -0.1) is 11.8 Å². The molecule has 1 amide bonds. The number of hydrogen-bond donors (Lipinski definition) is 1. The summed E-state index contributed by atoms with van der Waals surface area (Å²) in [5.74, 6) is 0.845.